The molecule has 4 rings (SSSR count). The molecule has 4 aliphatic rings. The molecule has 7 atom stereocenters. The van der Waals surface area contributed by atoms with Crippen LogP contribution >= 0.6 is 12.4 Å². The Bertz CT molecular complexity index is 929. The normalized spacial score (nSPS) is 39.7. The molecule has 0 heterocycles. The highest BCUT2D eigenvalue weighted by molar-refractivity contribution is 6.01. The minimum Gasteiger partial charge on any atom is -0.457 e. The van der Waals surface area contributed by atoms with E-state index in [1.54, 1.807) is 12.2 Å². The third-order valence-electron chi connectivity index (χ3n) is 9.72. The Hall–Kier alpha value is -1.54. The van der Waals surface area contributed by atoms with Crippen molar-refractivity contribution in [1.82, 2.24) is 4.90 Å². The fourth-order valence-electron chi connectivity index (χ4n) is 7.73. The summed E-state index contributed by atoms with van der Waals surface area (Å²) in [5.74, 6) is -0.785. The number of fused-ring (bicyclic) bond motifs is 5. The molecule has 0 amide bonds. The third-order valence-corrected chi connectivity index (χ3v) is 9.72. The van der Waals surface area contributed by atoms with Crippen LogP contribution in [0.1, 0.15) is 59.8 Å². The number of Topliss-reactive ketones (excluding diaryl/α,β-unsaturated/α-hetero) is 1. The summed E-state index contributed by atoms with van der Waals surface area (Å²) in [4.78, 5) is 39.4. The standard InChI is InChI=1S/C27H39NO6.ClH/c1-5-28(6-2)15-23(32)34-16-22(31)27(33)12-10-20-19-8-7-17-13-18(29)9-11-25(17,3)24(19)21(30)14-26(20,27)4;/h9,11,13,19-21,24,30,33H,5-8,10,12,14-16H2,1-4H3;1H/t19-,20-,21?,24+,25-,26-,27-;/m0./s1. The number of ketones is 2. The van der Waals surface area contributed by atoms with Crippen molar-refractivity contribution in [3.8, 4) is 0 Å². The number of hydrogen-bond donors (Lipinski definition) is 2. The molecule has 3 saturated carbocycles. The molecule has 8 heteroatoms. The second-order valence-corrected chi connectivity index (χ2v) is 11.2. The number of ether oxygens (including phenoxy) is 1. The van der Waals surface area contributed by atoms with Crippen LogP contribution in [0.2, 0.25) is 0 Å². The molecule has 0 bridgehead atoms. The lowest BCUT2D eigenvalue weighted by atomic mass is 9.46. The van der Waals surface area contributed by atoms with Gasteiger partial charge in [0.2, 0.25) is 5.78 Å². The van der Waals surface area contributed by atoms with E-state index in [-0.39, 0.29) is 47.9 Å². The number of carbonyl (C=O) groups excluding carboxylic acids is 3. The molecule has 4 aliphatic carbocycles. The minimum absolute atomic E-state index is 0. The lowest BCUT2D eigenvalue weighted by Crippen LogP contribution is -2.61. The molecule has 0 radical (unpaired) electrons. The zero-order chi connectivity index (χ0) is 24.9. The Balaban J connectivity index is 0.00000342. The van der Waals surface area contributed by atoms with Crippen molar-refractivity contribution in [1.29, 1.82) is 0 Å². The summed E-state index contributed by atoms with van der Waals surface area (Å²) in [6.45, 7) is 9.03. The van der Waals surface area contributed by atoms with Crippen molar-refractivity contribution >= 4 is 29.9 Å². The lowest BCUT2D eigenvalue weighted by molar-refractivity contribution is -0.181. The number of likely N-dealkylation sites (N-methyl/N-ethyl adjacent to an activating group) is 1. The first-order valence-corrected chi connectivity index (χ1v) is 12.8. The largest absolute Gasteiger partial charge is 0.457 e. The van der Waals surface area contributed by atoms with Crippen molar-refractivity contribution in [3.63, 3.8) is 0 Å². The summed E-state index contributed by atoms with van der Waals surface area (Å²) in [5.41, 5.74) is -1.73. The van der Waals surface area contributed by atoms with Gasteiger partial charge in [0.05, 0.1) is 12.6 Å². The third kappa shape index (κ3) is 4.43. The Kier molecular flexibility index (Phi) is 8.07. The van der Waals surface area contributed by atoms with Crippen LogP contribution in [-0.4, -0.2) is 70.6 Å². The zero-order valence-corrected chi connectivity index (χ0v) is 22.1. The highest BCUT2D eigenvalue weighted by Gasteiger charge is 2.68. The van der Waals surface area contributed by atoms with Crippen LogP contribution in [0.4, 0.5) is 0 Å². The van der Waals surface area contributed by atoms with Gasteiger partial charge in [-0.3, -0.25) is 19.3 Å². The monoisotopic (exact) mass is 509 g/mol. The maximum absolute atomic E-state index is 13.3. The van der Waals surface area contributed by atoms with Crippen molar-refractivity contribution in [3.05, 3.63) is 23.8 Å². The quantitative estimate of drug-likeness (QED) is 0.508. The number of aliphatic hydroxyl groups excluding tert-OH is 1. The highest BCUT2D eigenvalue weighted by atomic mass is 35.5. The number of nitrogens with zero attached hydrogens (tertiary/aromatic N) is 1. The van der Waals surface area contributed by atoms with Crippen LogP contribution in [-0.2, 0) is 19.1 Å². The first-order chi connectivity index (χ1) is 16.0. The number of aliphatic hydroxyl groups is 2. The molecular formula is C27H40ClNO6. The van der Waals surface area contributed by atoms with Crippen molar-refractivity contribution in [2.75, 3.05) is 26.2 Å². The topological polar surface area (TPSA) is 104 Å². The molecule has 0 aromatic carbocycles. The molecule has 1 unspecified atom stereocenters. The molecule has 196 valence electrons. The summed E-state index contributed by atoms with van der Waals surface area (Å²) >= 11 is 0. The van der Waals surface area contributed by atoms with Crippen LogP contribution in [0.25, 0.3) is 0 Å². The molecule has 2 N–H and O–H groups in total. The van der Waals surface area contributed by atoms with Gasteiger partial charge in [-0.2, -0.15) is 0 Å². The first kappa shape index (κ1) is 28.0. The van der Waals surface area contributed by atoms with E-state index < -0.39 is 35.5 Å². The molecule has 3 fully saturated rings. The van der Waals surface area contributed by atoms with Crippen molar-refractivity contribution < 1.29 is 29.3 Å². The van der Waals surface area contributed by atoms with E-state index in [1.165, 1.54) is 0 Å². The Morgan fingerprint density at radius 3 is 2.54 bits per heavy atom. The predicted octanol–water partition coefficient (Wildman–Crippen LogP) is 2.87. The fourth-order valence-corrected chi connectivity index (χ4v) is 7.73. The number of carbonyl (C=O) groups is 3. The van der Waals surface area contributed by atoms with Crippen LogP contribution in [0, 0.1) is 28.6 Å². The van der Waals surface area contributed by atoms with Gasteiger partial charge in [-0.05, 0) is 69.2 Å². The van der Waals surface area contributed by atoms with Gasteiger partial charge in [0.1, 0.15) is 5.60 Å². The lowest BCUT2D eigenvalue weighted by Gasteiger charge is -2.59. The zero-order valence-electron chi connectivity index (χ0n) is 21.3. The molecule has 0 aromatic rings. The Morgan fingerprint density at radius 2 is 1.89 bits per heavy atom. The molecule has 0 aliphatic heterocycles. The number of esters is 1. The van der Waals surface area contributed by atoms with E-state index in [0.717, 1.165) is 18.4 Å². The maximum Gasteiger partial charge on any atom is 0.320 e. The van der Waals surface area contributed by atoms with E-state index in [2.05, 4.69) is 6.92 Å². The van der Waals surface area contributed by atoms with Gasteiger partial charge >= 0.3 is 5.97 Å². The van der Waals surface area contributed by atoms with E-state index in [9.17, 15) is 24.6 Å². The Morgan fingerprint density at radius 1 is 1.20 bits per heavy atom. The fraction of sp³-hybridized carbons (Fsp3) is 0.741. The molecule has 7 nitrogen and oxygen atoms in total. The van der Waals surface area contributed by atoms with Crippen molar-refractivity contribution in [2.45, 2.75) is 71.5 Å². The molecule has 0 aromatic heterocycles. The summed E-state index contributed by atoms with van der Waals surface area (Å²) in [6.07, 6.45) is 7.48. The van der Waals surface area contributed by atoms with E-state index in [4.69, 9.17) is 4.74 Å². The van der Waals surface area contributed by atoms with Gasteiger partial charge < -0.3 is 14.9 Å². The number of hydrogen-bond acceptors (Lipinski definition) is 7. The smallest absolute Gasteiger partial charge is 0.320 e. The van der Waals surface area contributed by atoms with Gasteiger partial charge in [0, 0.05) is 16.7 Å². The van der Waals surface area contributed by atoms with Crippen molar-refractivity contribution in [2.24, 2.45) is 28.6 Å². The van der Waals surface area contributed by atoms with Crippen LogP contribution < -0.4 is 0 Å². The average Bonchev–Trinajstić information content (AvgIpc) is 3.07. The minimum atomic E-state index is -1.63. The summed E-state index contributed by atoms with van der Waals surface area (Å²) in [5, 5.41) is 23.1. The van der Waals surface area contributed by atoms with E-state index in [1.807, 2.05) is 31.7 Å². The van der Waals surface area contributed by atoms with Crippen LogP contribution in [0.3, 0.4) is 0 Å². The summed E-state index contributed by atoms with van der Waals surface area (Å²) in [6, 6.07) is 0. The average molecular weight is 510 g/mol. The SMILES string of the molecule is CCN(CC)CC(=O)OCC(=O)[C@@]1(O)CC[C@H]2[C@@H]3CCC4=CC(=O)C=C[C@]4(C)[C@H]3C(O)C[C@@]21C.Cl. The maximum atomic E-state index is 13.3. The molecule has 0 saturated heterocycles. The molecule has 35 heavy (non-hydrogen) atoms. The second kappa shape index (κ2) is 10.1. The highest BCUT2D eigenvalue weighted by Crippen LogP contribution is 2.67. The first-order valence-electron chi connectivity index (χ1n) is 12.8. The van der Waals surface area contributed by atoms with Gasteiger partial charge in [0.15, 0.2) is 12.4 Å². The predicted molar refractivity (Wildman–Crippen MR) is 134 cm³/mol. The Labute approximate surface area is 214 Å². The number of rotatable bonds is 7. The molecule has 0 spiro atoms. The number of allylic oxidation sites excluding steroid dienone is 4. The van der Waals surface area contributed by atoms with E-state index >= 15 is 0 Å². The molecular weight excluding hydrogens is 470 g/mol. The van der Waals surface area contributed by atoms with Gasteiger partial charge in [-0.1, -0.05) is 39.3 Å². The second-order valence-electron chi connectivity index (χ2n) is 11.2. The van der Waals surface area contributed by atoms with Gasteiger partial charge in [0.25, 0.3) is 0 Å². The van der Waals surface area contributed by atoms with Crippen LogP contribution in [0.5, 0.6) is 0 Å². The van der Waals surface area contributed by atoms with Gasteiger partial charge in [-0.25, -0.2) is 0 Å². The van der Waals surface area contributed by atoms with Gasteiger partial charge in [-0.15, -0.1) is 12.4 Å². The summed E-state index contributed by atoms with van der Waals surface area (Å²) in [7, 11) is 0. The summed E-state index contributed by atoms with van der Waals surface area (Å²) < 4.78 is 5.27. The van der Waals surface area contributed by atoms with E-state index in [0.29, 0.717) is 32.4 Å². The van der Waals surface area contributed by atoms with Crippen LogP contribution in [0.15, 0.2) is 23.8 Å². The number of halogens is 1.